The van der Waals surface area contributed by atoms with Crippen LogP contribution in [0.25, 0.3) is 0 Å². The summed E-state index contributed by atoms with van der Waals surface area (Å²) in [6.45, 7) is 0.263. The number of nitrogens with one attached hydrogen (secondary N) is 2. The van der Waals surface area contributed by atoms with Crippen molar-refractivity contribution in [2.45, 2.75) is 6.54 Å². The van der Waals surface area contributed by atoms with E-state index in [0.717, 1.165) is 0 Å². The van der Waals surface area contributed by atoms with Crippen LogP contribution in [0.1, 0.15) is 26.6 Å². The molecule has 0 bridgehead atoms. The molecule has 1 aromatic carbocycles. The molecule has 0 saturated carbocycles. The number of rotatable bonds is 6. The number of hydrogen-bond donors (Lipinski definition) is 2. The predicted molar refractivity (Wildman–Crippen MR) is 95.1 cm³/mol. The van der Waals surface area contributed by atoms with E-state index in [1.54, 1.807) is 49.6 Å². The molecule has 0 radical (unpaired) electrons. The van der Waals surface area contributed by atoms with Gasteiger partial charge in [-0.1, -0.05) is 6.07 Å². The summed E-state index contributed by atoms with van der Waals surface area (Å²) in [5.41, 5.74) is 1.05. The van der Waals surface area contributed by atoms with Gasteiger partial charge in [-0.2, -0.15) is 0 Å². The Morgan fingerprint density at radius 3 is 2.77 bits per heavy atom. The number of anilines is 1. The fraction of sp³-hybridized carbons (Fsp3) is 0.105. The molecule has 2 aromatic heterocycles. The lowest BCUT2D eigenvalue weighted by Gasteiger charge is -2.08. The van der Waals surface area contributed by atoms with Gasteiger partial charge in [0.15, 0.2) is 0 Å². The molecule has 0 unspecified atom stereocenters. The Morgan fingerprint density at radius 2 is 2.00 bits per heavy atom. The van der Waals surface area contributed by atoms with Crippen molar-refractivity contribution in [2.75, 3.05) is 12.4 Å². The summed E-state index contributed by atoms with van der Waals surface area (Å²) in [7, 11) is 1.55. The largest absolute Gasteiger partial charge is 0.497 e. The van der Waals surface area contributed by atoms with Gasteiger partial charge < -0.3 is 19.8 Å². The topological polar surface area (TPSA) is 93.5 Å². The van der Waals surface area contributed by atoms with Gasteiger partial charge in [0.25, 0.3) is 11.8 Å². The van der Waals surface area contributed by atoms with Gasteiger partial charge in [-0.05, 0) is 36.4 Å². The van der Waals surface area contributed by atoms with Crippen LogP contribution in [0.15, 0.2) is 65.4 Å². The van der Waals surface area contributed by atoms with Gasteiger partial charge in [0, 0.05) is 23.5 Å². The van der Waals surface area contributed by atoms with Crippen LogP contribution >= 0.6 is 0 Å². The van der Waals surface area contributed by atoms with Crippen LogP contribution < -0.4 is 15.4 Å². The molecule has 0 aliphatic rings. The minimum absolute atomic E-state index is 0.137. The summed E-state index contributed by atoms with van der Waals surface area (Å²) >= 11 is 0. The van der Waals surface area contributed by atoms with Crippen LogP contribution in [0.2, 0.25) is 0 Å². The van der Waals surface area contributed by atoms with Crippen LogP contribution in [-0.2, 0) is 6.54 Å². The van der Waals surface area contributed by atoms with Crippen LogP contribution in [0, 0.1) is 0 Å². The van der Waals surface area contributed by atoms with Gasteiger partial charge in [0.05, 0.1) is 19.9 Å². The summed E-state index contributed by atoms with van der Waals surface area (Å²) in [5, 5.41) is 5.45. The van der Waals surface area contributed by atoms with Crippen molar-refractivity contribution in [3.8, 4) is 5.75 Å². The Hall–Kier alpha value is -3.61. The third-order valence-electron chi connectivity index (χ3n) is 3.59. The maximum atomic E-state index is 12.4. The normalized spacial score (nSPS) is 10.2. The molecule has 0 atom stereocenters. The highest BCUT2D eigenvalue weighted by Gasteiger charge is 2.12. The van der Waals surface area contributed by atoms with E-state index in [2.05, 4.69) is 15.6 Å². The van der Waals surface area contributed by atoms with Gasteiger partial charge in [0.1, 0.15) is 17.2 Å². The maximum absolute atomic E-state index is 12.4. The van der Waals surface area contributed by atoms with E-state index in [9.17, 15) is 9.59 Å². The number of ether oxygens (including phenoxy) is 1. The second-order valence-corrected chi connectivity index (χ2v) is 5.38. The van der Waals surface area contributed by atoms with Crippen LogP contribution in [0.5, 0.6) is 5.75 Å². The minimum Gasteiger partial charge on any atom is -0.497 e. The number of amides is 2. The molecule has 2 amide bonds. The van der Waals surface area contributed by atoms with E-state index in [-0.39, 0.29) is 18.1 Å². The highest BCUT2D eigenvalue weighted by atomic mass is 16.5. The highest BCUT2D eigenvalue weighted by Crippen LogP contribution is 2.17. The van der Waals surface area contributed by atoms with Crippen molar-refractivity contribution in [3.63, 3.8) is 0 Å². The minimum atomic E-state index is -0.418. The van der Waals surface area contributed by atoms with E-state index in [0.29, 0.717) is 22.8 Å². The zero-order valence-corrected chi connectivity index (χ0v) is 14.1. The van der Waals surface area contributed by atoms with Gasteiger partial charge in [-0.15, -0.1) is 0 Å². The van der Waals surface area contributed by atoms with Gasteiger partial charge in [0.2, 0.25) is 0 Å². The van der Waals surface area contributed by atoms with Crippen LogP contribution in [0.3, 0.4) is 0 Å². The summed E-state index contributed by atoms with van der Waals surface area (Å²) in [5.74, 6) is 0.531. The standard InChI is InChI=1S/C19H17N3O4/c1-25-15-5-2-4-14(11-15)22-19(24)17-10-13(7-8-20-17)18(23)21-12-16-6-3-9-26-16/h2-11H,12H2,1H3,(H,21,23)(H,22,24). The third-order valence-corrected chi connectivity index (χ3v) is 3.59. The Bertz CT molecular complexity index is 907. The summed E-state index contributed by atoms with van der Waals surface area (Å²) in [6.07, 6.45) is 2.96. The molecule has 2 heterocycles. The molecule has 7 heteroatoms. The van der Waals surface area contributed by atoms with E-state index in [1.807, 2.05) is 0 Å². The van der Waals surface area contributed by atoms with Gasteiger partial charge in [-0.3, -0.25) is 14.6 Å². The average Bonchev–Trinajstić information content (AvgIpc) is 3.20. The molecule has 26 heavy (non-hydrogen) atoms. The summed E-state index contributed by atoms with van der Waals surface area (Å²) in [4.78, 5) is 28.6. The van der Waals surface area contributed by atoms with Crippen molar-refractivity contribution < 1.29 is 18.7 Å². The first-order valence-corrected chi connectivity index (χ1v) is 7.88. The van der Waals surface area contributed by atoms with Gasteiger partial charge >= 0.3 is 0 Å². The Balaban J connectivity index is 1.67. The van der Waals surface area contributed by atoms with E-state index in [1.165, 1.54) is 18.5 Å². The van der Waals surface area contributed by atoms with E-state index >= 15 is 0 Å². The quantitative estimate of drug-likeness (QED) is 0.712. The van der Waals surface area contributed by atoms with Crippen LogP contribution in [0.4, 0.5) is 5.69 Å². The van der Waals surface area contributed by atoms with Crippen molar-refractivity contribution in [2.24, 2.45) is 0 Å². The molecular formula is C19H17N3O4. The molecule has 0 fully saturated rings. The second kappa shape index (κ2) is 7.98. The number of methoxy groups -OCH3 is 1. The molecule has 7 nitrogen and oxygen atoms in total. The van der Waals surface area contributed by atoms with Crippen LogP contribution in [-0.4, -0.2) is 23.9 Å². The van der Waals surface area contributed by atoms with Crippen molar-refractivity contribution >= 4 is 17.5 Å². The van der Waals surface area contributed by atoms with Gasteiger partial charge in [-0.25, -0.2) is 0 Å². The maximum Gasteiger partial charge on any atom is 0.274 e. The predicted octanol–water partition coefficient (Wildman–Crippen LogP) is 2.87. The number of carbonyl (C=O) groups excluding carboxylic acids is 2. The zero-order chi connectivity index (χ0) is 18.4. The van der Waals surface area contributed by atoms with E-state index < -0.39 is 5.91 Å². The molecule has 3 aromatic rings. The number of benzene rings is 1. The summed E-state index contributed by atoms with van der Waals surface area (Å²) in [6, 6.07) is 13.5. The third kappa shape index (κ3) is 4.27. The van der Waals surface area contributed by atoms with E-state index in [4.69, 9.17) is 9.15 Å². The number of furan rings is 1. The van der Waals surface area contributed by atoms with Crippen molar-refractivity contribution in [3.05, 3.63) is 78.0 Å². The first kappa shape index (κ1) is 17.2. The molecule has 0 saturated heterocycles. The number of hydrogen-bond acceptors (Lipinski definition) is 5. The number of nitrogens with zero attached hydrogens (tertiary/aromatic N) is 1. The smallest absolute Gasteiger partial charge is 0.274 e. The first-order chi connectivity index (χ1) is 12.7. The Labute approximate surface area is 150 Å². The highest BCUT2D eigenvalue weighted by molar-refractivity contribution is 6.04. The molecule has 0 aliphatic heterocycles. The first-order valence-electron chi connectivity index (χ1n) is 7.88. The molecule has 2 N–H and O–H groups in total. The summed E-state index contributed by atoms with van der Waals surface area (Å²) < 4.78 is 10.3. The second-order valence-electron chi connectivity index (χ2n) is 5.38. The monoisotopic (exact) mass is 351 g/mol. The molecular weight excluding hydrogens is 334 g/mol. The molecule has 3 rings (SSSR count). The fourth-order valence-electron chi connectivity index (χ4n) is 2.27. The zero-order valence-electron chi connectivity index (χ0n) is 14.1. The number of pyridine rings is 1. The molecule has 132 valence electrons. The average molecular weight is 351 g/mol. The number of aromatic nitrogens is 1. The fourth-order valence-corrected chi connectivity index (χ4v) is 2.27. The Morgan fingerprint density at radius 1 is 1.12 bits per heavy atom. The van der Waals surface area contributed by atoms with Crippen molar-refractivity contribution in [1.29, 1.82) is 0 Å². The lowest BCUT2D eigenvalue weighted by atomic mass is 10.2. The SMILES string of the molecule is COc1cccc(NC(=O)c2cc(C(=O)NCc3ccco3)ccn2)c1. The van der Waals surface area contributed by atoms with Crippen molar-refractivity contribution in [1.82, 2.24) is 10.3 Å². The Kier molecular flexibility index (Phi) is 5.28. The lowest BCUT2D eigenvalue weighted by Crippen LogP contribution is -2.23. The molecule has 0 aliphatic carbocycles. The molecule has 0 spiro atoms. The number of carbonyl (C=O) groups is 2. The lowest BCUT2D eigenvalue weighted by molar-refractivity contribution is 0.0948.